The van der Waals surface area contributed by atoms with Crippen molar-refractivity contribution in [1.29, 1.82) is 0 Å². The van der Waals surface area contributed by atoms with Gasteiger partial charge in [-0.25, -0.2) is 9.97 Å². The zero-order chi connectivity index (χ0) is 16.2. The van der Waals surface area contributed by atoms with Crippen molar-refractivity contribution in [2.75, 3.05) is 12.8 Å². The minimum atomic E-state index is 0.494. The summed E-state index contributed by atoms with van der Waals surface area (Å²) in [4.78, 5) is 12.0. The highest BCUT2D eigenvalue weighted by Crippen LogP contribution is 2.13. The van der Waals surface area contributed by atoms with Crippen LogP contribution in [0.1, 0.15) is 13.8 Å². The molecule has 0 amide bonds. The van der Waals surface area contributed by atoms with Gasteiger partial charge in [-0.2, -0.15) is 4.98 Å². The Balaban J connectivity index is 0.000000228. The van der Waals surface area contributed by atoms with Gasteiger partial charge in [-0.15, -0.1) is 0 Å². The van der Waals surface area contributed by atoms with Crippen molar-refractivity contribution < 1.29 is 9.15 Å². The van der Waals surface area contributed by atoms with Crippen LogP contribution in [-0.4, -0.2) is 22.1 Å². The molecular formula is C16H20N4O2. The lowest BCUT2D eigenvalue weighted by atomic mass is 10.3. The van der Waals surface area contributed by atoms with E-state index in [4.69, 9.17) is 14.9 Å². The van der Waals surface area contributed by atoms with Crippen LogP contribution in [0, 0.1) is 0 Å². The molecule has 0 saturated heterocycles. The first-order chi connectivity index (χ1) is 10.8. The van der Waals surface area contributed by atoms with E-state index in [2.05, 4.69) is 15.0 Å². The number of nitrogens with zero attached hydrogens (tertiary/aromatic N) is 3. The van der Waals surface area contributed by atoms with Gasteiger partial charge < -0.3 is 14.9 Å². The van der Waals surface area contributed by atoms with E-state index >= 15 is 0 Å². The third-order valence-electron chi connectivity index (χ3n) is 2.30. The number of rotatable bonds is 2. The van der Waals surface area contributed by atoms with E-state index in [0.29, 0.717) is 17.4 Å². The molecule has 0 aliphatic carbocycles. The number of nitrogens with two attached hydrogens (primary N) is 1. The summed E-state index contributed by atoms with van der Waals surface area (Å²) < 4.78 is 9.75. The number of methoxy groups -OCH3 is 1. The third kappa shape index (κ3) is 5.62. The number of para-hydroxylation sites is 1. The first kappa shape index (κ1) is 17.2. The van der Waals surface area contributed by atoms with Crippen LogP contribution in [0.15, 0.2) is 59.7 Å². The molecule has 2 N–H and O–H groups in total. The second-order valence-electron chi connectivity index (χ2n) is 3.71. The molecule has 2 aromatic heterocycles. The molecule has 22 heavy (non-hydrogen) atoms. The van der Waals surface area contributed by atoms with Crippen LogP contribution in [0.3, 0.4) is 0 Å². The van der Waals surface area contributed by atoms with Crippen LogP contribution < -0.4 is 10.5 Å². The number of hydrogen-bond donors (Lipinski definition) is 1. The van der Waals surface area contributed by atoms with Crippen molar-refractivity contribution in [3.8, 4) is 17.4 Å². The smallest absolute Gasteiger partial charge is 0.216 e. The highest BCUT2D eigenvalue weighted by Gasteiger charge is 2.04. The van der Waals surface area contributed by atoms with Gasteiger partial charge in [0.2, 0.25) is 5.88 Å². The van der Waals surface area contributed by atoms with Gasteiger partial charge in [0.25, 0.3) is 0 Å². The molecule has 0 atom stereocenters. The van der Waals surface area contributed by atoms with Gasteiger partial charge in [0.1, 0.15) is 12.0 Å². The van der Waals surface area contributed by atoms with Gasteiger partial charge >= 0.3 is 0 Å². The summed E-state index contributed by atoms with van der Waals surface area (Å²) in [6.07, 6.45) is 4.42. The molecule has 0 saturated carbocycles. The minimum absolute atomic E-state index is 0.494. The molecule has 6 nitrogen and oxygen atoms in total. The van der Waals surface area contributed by atoms with E-state index in [1.54, 1.807) is 19.4 Å². The van der Waals surface area contributed by atoms with Crippen LogP contribution >= 0.6 is 0 Å². The summed E-state index contributed by atoms with van der Waals surface area (Å²) in [6, 6.07) is 11.2. The predicted molar refractivity (Wildman–Crippen MR) is 86.3 cm³/mol. The van der Waals surface area contributed by atoms with E-state index in [9.17, 15) is 0 Å². The second-order valence-corrected chi connectivity index (χ2v) is 3.71. The SMILES string of the molecule is CC.COc1ccnc(-c2cocn2)n1.Nc1ccccc1. The maximum Gasteiger partial charge on any atom is 0.216 e. The van der Waals surface area contributed by atoms with E-state index in [-0.39, 0.29) is 0 Å². The normalized spacial score (nSPS) is 8.86. The number of nitrogen functional groups attached to an aromatic ring is 1. The third-order valence-corrected chi connectivity index (χ3v) is 2.30. The summed E-state index contributed by atoms with van der Waals surface area (Å²) in [5.41, 5.74) is 6.78. The molecule has 116 valence electrons. The van der Waals surface area contributed by atoms with Crippen molar-refractivity contribution in [2.45, 2.75) is 13.8 Å². The quantitative estimate of drug-likeness (QED) is 0.729. The zero-order valence-corrected chi connectivity index (χ0v) is 12.9. The van der Waals surface area contributed by atoms with Crippen molar-refractivity contribution in [3.63, 3.8) is 0 Å². The van der Waals surface area contributed by atoms with Crippen LogP contribution in [0.2, 0.25) is 0 Å². The Hall–Kier alpha value is -2.89. The van der Waals surface area contributed by atoms with Crippen LogP contribution in [0.4, 0.5) is 5.69 Å². The summed E-state index contributed by atoms with van der Waals surface area (Å²) in [6.45, 7) is 4.00. The van der Waals surface area contributed by atoms with Crippen molar-refractivity contribution in [2.24, 2.45) is 0 Å². The first-order valence-electron chi connectivity index (χ1n) is 6.85. The van der Waals surface area contributed by atoms with Crippen molar-refractivity contribution in [3.05, 3.63) is 55.3 Å². The molecule has 0 aliphatic rings. The maximum absolute atomic E-state index is 5.36. The van der Waals surface area contributed by atoms with E-state index < -0.39 is 0 Å². The molecule has 3 rings (SSSR count). The number of ether oxygens (including phenoxy) is 1. The van der Waals surface area contributed by atoms with Crippen molar-refractivity contribution in [1.82, 2.24) is 15.0 Å². The van der Waals surface area contributed by atoms with E-state index in [1.807, 2.05) is 44.2 Å². The summed E-state index contributed by atoms with van der Waals surface area (Å²) in [7, 11) is 1.55. The summed E-state index contributed by atoms with van der Waals surface area (Å²) >= 11 is 0. The Bertz CT molecular complexity index is 628. The first-order valence-corrected chi connectivity index (χ1v) is 6.85. The fourth-order valence-electron chi connectivity index (χ4n) is 1.36. The standard InChI is InChI=1S/C8H7N3O2.C6H7N.C2H6/c1-12-7-2-3-9-8(11-7)6-4-13-5-10-6;7-6-4-2-1-3-5-6;1-2/h2-5H,1H3;1-5H,7H2;1-2H3. The topological polar surface area (TPSA) is 87.1 Å². The molecule has 6 heteroatoms. The Morgan fingerprint density at radius 2 is 1.77 bits per heavy atom. The number of aromatic nitrogens is 3. The molecule has 1 aromatic carbocycles. The van der Waals surface area contributed by atoms with Gasteiger partial charge in [0.15, 0.2) is 12.2 Å². The number of benzene rings is 1. The molecule has 0 aliphatic heterocycles. The summed E-state index contributed by atoms with van der Waals surface area (Å²) in [5.74, 6) is 1.00. The fraction of sp³-hybridized carbons (Fsp3) is 0.188. The molecule has 0 unspecified atom stereocenters. The van der Waals surface area contributed by atoms with Gasteiger partial charge in [-0.3, -0.25) is 0 Å². The molecule has 0 radical (unpaired) electrons. The van der Waals surface area contributed by atoms with Gasteiger partial charge in [-0.05, 0) is 12.1 Å². The molecule has 3 aromatic rings. The average molecular weight is 300 g/mol. The Morgan fingerprint density at radius 3 is 2.27 bits per heavy atom. The van der Waals surface area contributed by atoms with Gasteiger partial charge in [0.05, 0.1) is 7.11 Å². The van der Waals surface area contributed by atoms with E-state index in [0.717, 1.165) is 5.69 Å². The average Bonchev–Trinajstić information content (AvgIpc) is 3.13. The molecule has 0 bridgehead atoms. The highest BCUT2D eigenvalue weighted by atomic mass is 16.5. The lowest BCUT2D eigenvalue weighted by Gasteiger charge is -1.98. The number of anilines is 1. The zero-order valence-electron chi connectivity index (χ0n) is 12.9. The van der Waals surface area contributed by atoms with E-state index in [1.165, 1.54) is 12.7 Å². The predicted octanol–water partition coefficient (Wildman–Crippen LogP) is 3.44. The van der Waals surface area contributed by atoms with Gasteiger partial charge in [-0.1, -0.05) is 32.0 Å². The minimum Gasteiger partial charge on any atom is -0.481 e. The van der Waals surface area contributed by atoms with Crippen LogP contribution in [0.5, 0.6) is 5.88 Å². The molecular weight excluding hydrogens is 280 g/mol. The number of hydrogen-bond acceptors (Lipinski definition) is 6. The molecule has 2 heterocycles. The second kappa shape index (κ2) is 9.93. The monoisotopic (exact) mass is 300 g/mol. The van der Waals surface area contributed by atoms with Crippen molar-refractivity contribution >= 4 is 5.69 Å². The molecule has 0 spiro atoms. The summed E-state index contributed by atoms with van der Waals surface area (Å²) in [5, 5.41) is 0. The maximum atomic E-state index is 5.36. The van der Waals surface area contributed by atoms with Crippen LogP contribution in [0.25, 0.3) is 11.5 Å². The highest BCUT2D eigenvalue weighted by molar-refractivity contribution is 5.46. The van der Waals surface area contributed by atoms with Gasteiger partial charge in [0, 0.05) is 18.0 Å². The Kier molecular flexibility index (Phi) is 7.74. The lowest BCUT2D eigenvalue weighted by Crippen LogP contribution is -1.92. The Morgan fingerprint density at radius 1 is 1.05 bits per heavy atom. The largest absolute Gasteiger partial charge is 0.481 e. The Labute approximate surface area is 130 Å². The van der Waals surface area contributed by atoms with Crippen LogP contribution in [-0.2, 0) is 0 Å². The molecule has 0 fully saturated rings. The lowest BCUT2D eigenvalue weighted by molar-refractivity contribution is 0.397. The number of oxazole rings is 1. The fourth-order valence-corrected chi connectivity index (χ4v) is 1.36.